The normalized spacial score (nSPS) is 14.8. The number of carbonyl (C=O) groups is 2. The Balaban J connectivity index is 1.40. The first-order valence-electron chi connectivity index (χ1n) is 10.6. The van der Waals surface area contributed by atoms with Crippen LogP contribution in [-0.4, -0.2) is 48.5 Å². The molecule has 0 aliphatic carbocycles. The summed E-state index contributed by atoms with van der Waals surface area (Å²) in [6, 6.07) is 20.6. The molecular weight excluding hydrogens is 404 g/mol. The number of hydrogen-bond donors (Lipinski definition) is 2. The van der Waals surface area contributed by atoms with E-state index >= 15 is 0 Å². The van der Waals surface area contributed by atoms with E-state index in [4.69, 9.17) is 4.74 Å². The third-order valence-electron chi connectivity index (χ3n) is 5.44. The molecule has 4 rings (SSSR count). The fourth-order valence-electron chi connectivity index (χ4n) is 3.77. The molecule has 7 heteroatoms. The molecule has 0 saturated heterocycles. The Kier molecular flexibility index (Phi) is 6.77. The molecule has 2 heterocycles. The van der Waals surface area contributed by atoms with Crippen LogP contribution in [0.5, 0.6) is 0 Å². The zero-order valence-electron chi connectivity index (χ0n) is 18.0. The molecule has 1 atom stereocenters. The Morgan fingerprint density at radius 3 is 2.59 bits per heavy atom. The lowest BCUT2D eigenvalue weighted by Gasteiger charge is -2.27. The number of nitrogens with zero attached hydrogens (tertiary/aromatic N) is 2. The van der Waals surface area contributed by atoms with E-state index in [0.717, 1.165) is 16.9 Å². The SMILES string of the molecule is COCCN1C(=O)c2ccccc2C1Nc1ccc(C(=O)NCCc2ccccn2)cc1. The van der Waals surface area contributed by atoms with Gasteiger partial charge in [-0.15, -0.1) is 0 Å². The van der Waals surface area contributed by atoms with Gasteiger partial charge in [0.15, 0.2) is 0 Å². The largest absolute Gasteiger partial charge is 0.383 e. The van der Waals surface area contributed by atoms with Gasteiger partial charge in [-0.1, -0.05) is 24.3 Å². The van der Waals surface area contributed by atoms with Gasteiger partial charge in [-0.25, -0.2) is 0 Å². The second kappa shape index (κ2) is 10.1. The number of rotatable bonds is 9. The van der Waals surface area contributed by atoms with Crippen LogP contribution in [0.15, 0.2) is 72.9 Å². The van der Waals surface area contributed by atoms with Crippen molar-refractivity contribution in [1.82, 2.24) is 15.2 Å². The van der Waals surface area contributed by atoms with E-state index < -0.39 is 0 Å². The number of benzene rings is 2. The van der Waals surface area contributed by atoms with Crippen molar-refractivity contribution >= 4 is 17.5 Å². The maximum Gasteiger partial charge on any atom is 0.256 e. The van der Waals surface area contributed by atoms with Crippen LogP contribution in [0.3, 0.4) is 0 Å². The number of fused-ring (bicyclic) bond motifs is 1. The van der Waals surface area contributed by atoms with Gasteiger partial charge < -0.3 is 20.3 Å². The summed E-state index contributed by atoms with van der Waals surface area (Å²) in [7, 11) is 1.62. The summed E-state index contributed by atoms with van der Waals surface area (Å²) in [6.45, 7) is 1.46. The Labute approximate surface area is 187 Å². The average Bonchev–Trinajstić information content (AvgIpc) is 3.09. The van der Waals surface area contributed by atoms with Crippen LogP contribution in [-0.2, 0) is 11.2 Å². The Hall–Kier alpha value is -3.71. The lowest BCUT2D eigenvalue weighted by atomic mass is 10.1. The number of methoxy groups -OCH3 is 1. The highest BCUT2D eigenvalue weighted by Crippen LogP contribution is 2.34. The fraction of sp³-hybridized carbons (Fsp3) is 0.240. The quantitative estimate of drug-likeness (QED) is 0.544. The molecule has 1 aromatic heterocycles. The number of hydrogen-bond acceptors (Lipinski definition) is 5. The summed E-state index contributed by atoms with van der Waals surface area (Å²) in [5, 5.41) is 6.35. The van der Waals surface area contributed by atoms with E-state index in [9.17, 15) is 9.59 Å². The molecule has 0 radical (unpaired) electrons. The van der Waals surface area contributed by atoms with Crippen LogP contribution in [0, 0.1) is 0 Å². The minimum atomic E-state index is -0.285. The highest BCUT2D eigenvalue weighted by atomic mass is 16.5. The number of carbonyl (C=O) groups excluding carboxylic acids is 2. The van der Waals surface area contributed by atoms with Crippen molar-refractivity contribution in [3.05, 3.63) is 95.3 Å². The van der Waals surface area contributed by atoms with E-state index in [1.54, 1.807) is 30.3 Å². The number of nitrogens with one attached hydrogen (secondary N) is 2. The van der Waals surface area contributed by atoms with Gasteiger partial charge in [0.25, 0.3) is 11.8 Å². The molecule has 164 valence electrons. The summed E-state index contributed by atoms with van der Waals surface area (Å²) < 4.78 is 5.18. The highest BCUT2D eigenvalue weighted by molar-refractivity contribution is 5.99. The van der Waals surface area contributed by atoms with Crippen molar-refractivity contribution in [1.29, 1.82) is 0 Å². The number of amides is 2. The van der Waals surface area contributed by atoms with Crippen LogP contribution < -0.4 is 10.6 Å². The van der Waals surface area contributed by atoms with Gasteiger partial charge in [-0.05, 0) is 42.5 Å². The topological polar surface area (TPSA) is 83.6 Å². The summed E-state index contributed by atoms with van der Waals surface area (Å²) in [5.74, 6) is -0.144. The smallest absolute Gasteiger partial charge is 0.256 e. The number of aromatic nitrogens is 1. The standard InChI is InChI=1S/C25H26N4O3/c1-32-17-16-29-23(21-7-2-3-8-22(21)25(29)31)28-20-11-9-18(10-12-20)24(30)27-15-13-19-6-4-5-14-26-19/h2-12,14,23,28H,13,15-17H2,1H3,(H,27,30). The third kappa shape index (κ3) is 4.78. The van der Waals surface area contributed by atoms with E-state index in [0.29, 0.717) is 37.2 Å². The number of anilines is 1. The molecule has 2 N–H and O–H groups in total. The monoisotopic (exact) mass is 430 g/mol. The molecule has 3 aromatic rings. The van der Waals surface area contributed by atoms with Crippen LogP contribution in [0.1, 0.15) is 38.1 Å². The molecule has 2 aromatic carbocycles. The maximum atomic E-state index is 12.8. The third-order valence-corrected chi connectivity index (χ3v) is 5.44. The second-order valence-corrected chi connectivity index (χ2v) is 7.53. The minimum absolute atomic E-state index is 0.0148. The molecule has 2 amide bonds. The zero-order valence-corrected chi connectivity index (χ0v) is 18.0. The first-order valence-corrected chi connectivity index (χ1v) is 10.6. The first-order chi connectivity index (χ1) is 15.7. The first kappa shape index (κ1) is 21.5. The van der Waals surface area contributed by atoms with Gasteiger partial charge in [0.2, 0.25) is 0 Å². The molecule has 0 bridgehead atoms. The van der Waals surface area contributed by atoms with Crippen LogP contribution in [0.4, 0.5) is 5.69 Å². The minimum Gasteiger partial charge on any atom is -0.383 e. The summed E-state index contributed by atoms with van der Waals surface area (Å²) in [5.41, 5.74) is 3.98. The van der Waals surface area contributed by atoms with E-state index in [1.807, 2.05) is 54.6 Å². The van der Waals surface area contributed by atoms with Crippen molar-refractivity contribution in [3.8, 4) is 0 Å². The molecular formula is C25H26N4O3. The molecule has 0 spiro atoms. The summed E-state index contributed by atoms with van der Waals surface area (Å²) >= 11 is 0. The van der Waals surface area contributed by atoms with Gasteiger partial charge in [0.1, 0.15) is 6.17 Å². The molecule has 0 fully saturated rings. The van der Waals surface area contributed by atoms with Gasteiger partial charge in [0.05, 0.1) is 6.61 Å². The lowest BCUT2D eigenvalue weighted by molar-refractivity contribution is 0.0674. The maximum absolute atomic E-state index is 12.8. The molecule has 1 aliphatic heterocycles. The van der Waals surface area contributed by atoms with Crippen LogP contribution >= 0.6 is 0 Å². The molecule has 0 saturated carbocycles. The fourth-order valence-corrected chi connectivity index (χ4v) is 3.77. The predicted molar refractivity (Wildman–Crippen MR) is 122 cm³/mol. The summed E-state index contributed by atoms with van der Waals surface area (Å²) in [6.07, 6.45) is 2.14. The van der Waals surface area contributed by atoms with E-state index in [2.05, 4.69) is 15.6 Å². The van der Waals surface area contributed by atoms with Crippen molar-refractivity contribution in [2.75, 3.05) is 32.1 Å². The Morgan fingerprint density at radius 1 is 1.06 bits per heavy atom. The predicted octanol–water partition coefficient (Wildman–Crippen LogP) is 3.27. The van der Waals surface area contributed by atoms with E-state index in [-0.39, 0.29) is 18.0 Å². The second-order valence-electron chi connectivity index (χ2n) is 7.53. The zero-order chi connectivity index (χ0) is 22.3. The van der Waals surface area contributed by atoms with Crippen molar-refractivity contribution in [2.24, 2.45) is 0 Å². The van der Waals surface area contributed by atoms with Crippen LogP contribution in [0.25, 0.3) is 0 Å². The Morgan fingerprint density at radius 2 is 1.84 bits per heavy atom. The van der Waals surface area contributed by atoms with Gasteiger partial charge in [-0.2, -0.15) is 0 Å². The number of ether oxygens (including phenoxy) is 1. The van der Waals surface area contributed by atoms with Crippen molar-refractivity contribution in [2.45, 2.75) is 12.6 Å². The molecule has 1 aliphatic rings. The van der Waals surface area contributed by atoms with Crippen LogP contribution in [0.2, 0.25) is 0 Å². The lowest BCUT2D eigenvalue weighted by Crippen LogP contribution is -2.35. The molecule has 1 unspecified atom stereocenters. The van der Waals surface area contributed by atoms with Gasteiger partial charge in [-0.3, -0.25) is 14.6 Å². The molecule has 32 heavy (non-hydrogen) atoms. The number of pyridine rings is 1. The molecule has 7 nitrogen and oxygen atoms in total. The van der Waals surface area contributed by atoms with Gasteiger partial charge >= 0.3 is 0 Å². The van der Waals surface area contributed by atoms with E-state index in [1.165, 1.54) is 0 Å². The highest BCUT2D eigenvalue weighted by Gasteiger charge is 2.36. The average molecular weight is 431 g/mol. The van der Waals surface area contributed by atoms with Crippen molar-refractivity contribution in [3.63, 3.8) is 0 Å². The van der Waals surface area contributed by atoms with Gasteiger partial charge in [0, 0.05) is 60.9 Å². The summed E-state index contributed by atoms with van der Waals surface area (Å²) in [4.78, 5) is 31.3. The Bertz CT molecular complexity index is 1070. The van der Waals surface area contributed by atoms with Crippen molar-refractivity contribution < 1.29 is 14.3 Å².